The molecule has 16 heavy (non-hydrogen) atoms. The Morgan fingerprint density at radius 2 is 2.06 bits per heavy atom. The van der Waals surface area contributed by atoms with E-state index in [-0.39, 0.29) is 5.54 Å². The van der Waals surface area contributed by atoms with Crippen LogP contribution in [-0.2, 0) is 6.42 Å². The standard InChI is InChI=1S/C13H15N3/c14-9-10-1-2-12-11(7-10)8-13(16-12)3-5-15-6-4-13/h1-2,7,15-16H,3-6,8H2. The third-order valence-electron chi connectivity index (χ3n) is 3.72. The molecule has 2 N–H and O–H groups in total. The summed E-state index contributed by atoms with van der Waals surface area (Å²) in [5.74, 6) is 0. The fourth-order valence-electron chi connectivity index (χ4n) is 2.83. The molecule has 2 heterocycles. The SMILES string of the molecule is N#Cc1ccc2c(c1)CC1(CCNCC1)N2. The molecule has 2 aliphatic rings. The molecule has 0 aliphatic carbocycles. The molecule has 0 unspecified atom stereocenters. The minimum Gasteiger partial charge on any atom is -0.379 e. The van der Waals surface area contributed by atoms with Crippen LogP contribution in [0.3, 0.4) is 0 Å². The summed E-state index contributed by atoms with van der Waals surface area (Å²) in [7, 11) is 0. The van der Waals surface area contributed by atoms with Crippen LogP contribution in [0.15, 0.2) is 18.2 Å². The minimum absolute atomic E-state index is 0.252. The average molecular weight is 213 g/mol. The fourth-order valence-corrected chi connectivity index (χ4v) is 2.83. The van der Waals surface area contributed by atoms with Gasteiger partial charge in [0.15, 0.2) is 0 Å². The molecule has 82 valence electrons. The van der Waals surface area contributed by atoms with E-state index in [1.165, 1.54) is 24.1 Å². The van der Waals surface area contributed by atoms with Gasteiger partial charge in [-0.25, -0.2) is 0 Å². The normalized spacial score (nSPS) is 21.2. The second-order valence-corrected chi connectivity index (χ2v) is 4.82. The Morgan fingerprint density at radius 3 is 2.81 bits per heavy atom. The highest BCUT2D eigenvalue weighted by Gasteiger charge is 2.37. The van der Waals surface area contributed by atoms with Crippen LogP contribution < -0.4 is 10.6 Å². The summed E-state index contributed by atoms with van der Waals surface area (Å²) in [6, 6.07) is 8.18. The molecule has 3 heteroatoms. The molecule has 1 fully saturated rings. The number of fused-ring (bicyclic) bond motifs is 1. The molecule has 0 saturated carbocycles. The Morgan fingerprint density at radius 1 is 1.25 bits per heavy atom. The van der Waals surface area contributed by atoms with Crippen LogP contribution in [0.25, 0.3) is 0 Å². The lowest BCUT2D eigenvalue weighted by Gasteiger charge is -2.34. The van der Waals surface area contributed by atoms with Gasteiger partial charge >= 0.3 is 0 Å². The van der Waals surface area contributed by atoms with E-state index in [0.717, 1.165) is 25.1 Å². The van der Waals surface area contributed by atoms with Crippen LogP contribution in [-0.4, -0.2) is 18.6 Å². The average Bonchev–Trinajstić information content (AvgIpc) is 2.66. The first-order chi connectivity index (χ1) is 7.81. The largest absolute Gasteiger partial charge is 0.379 e. The topological polar surface area (TPSA) is 47.9 Å². The van der Waals surface area contributed by atoms with Crippen molar-refractivity contribution in [2.24, 2.45) is 0 Å². The van der Waals surface area contributed by atoms with Crippen molar-refractivity contribution in [2.75, 3.05) is 18.4 Å². The number of hydrogen-bond donors (Lipinski definition) is 2. The maximum Gasteiger partial charge on any atom is 0.0991 e. The summed E-state index contributed by atoms with van der Waals surface area (Å²) in [6.07, 6.45) is 3.41. The van der Waals surface area contributed by atoms with E-state index < -0.39 is 0 Å². The van der Waals surface area contributed by atoms with Crippen LogP contribution in [0.2, 0.25) is 0 Å². The highest BCUT2D eigenvalue weighted by Crippen LogP contribution is 2.37. The van der Waals surface area contributed by atoms with E-state index in [1.807, 2.05) is 18.2 Å². The summed E-state index contributed by atoms with van der Waals surface area (Å²) in [5.41, 5.74) is 3.55. The number of rotatable bonds is 0. The highest BCUT2D eigenvalue weighted by atomic mass is 15.0. The molecule has 0 aromatic heterocycles. The van der Waals surface area contributed by atoms with Crippen molar-refractivity contribution in [3.8, 4) is 6.07 Å². The fraction of sp³-hybridized carbons (Fsp3) is 0.462. The van der Waals surface area contributed by atoms with Crippen molar-refractivity contribution in [3.05, 3.63) is 29.3 Å². The van der Waals surface area contributed by atoms with Crippen LogP contribution in [0.5, 0.6) is 0 Å². The van der Waals surface area contributed by atoms with Crippen molar-refractivity contribution >= 4 is 5.69 Å². The van der Waals surface area contributed by atoms with E-state index in [0.29, 0.717) is 0 Å². The Bertz CT molecular complexity index is 453. The zero-order valence-electron chi connectivity index (χ0n) is 9.21. The van der Waals surface area contributed by atoms with Crippen molar-refractivity contribution in [2.45, 2.75) is 24.8 Å². The minimum atomic E-state index is 0.252. The zero-order valence-corrected chi connectivity index (χ0v) is 9.21. The number of piperidine rings is 1. The van der Waals surface area contributed by atoms with Crippen LogP contribution in [0, 0.1) is 11.3 Å². The van der Waals surface area contributed by atoms with Crippen molar-refractivity contribution in [1.82, 2.24) is 5.32 Å². The van der Waals surface area contributed by atoms with Crippen molar-refractivity contribution in [1.29, 1.82) is 5.26 Å². The highest BCUT2D eigenvalue weighted by molar-refractivity contribution is 5.61. The third-order valence-corrected chi connectivity index (χ3v) is 3.72. The molecule has 3 nitrogen and oxygen atoms in total. The van der Waals surface area contributed by atoms with E-state index in [9.17, 15) is 0 Å². The summed E-state index contributed by atoms with van der Waals surface area (Å²) in [4.78, 5) is 0. The molecule has 1 saturated heterocycles. The maximum atomic E-state index is 8.89. The molecule has 0 bridgehead atoms. The van der Waals surface area contributed by atoms with Gasteiger partial charge in [0, 0.05) is 11.2 Å². The second kappa shape index (κ2) is 3.50. The Balaban J connectivity index is 1.91. The van der Waals surface area contributed by atoms with Crippen molar-refractivity contribution < 1.29 is 0 Å². The number of benzene rings is 1. The van der Waals surface area contributed by atoms with Gasteiger partial charge in [0.05, 0.1) is 11.6 Å². The van der Waals surface area contributed by atoms with E-state index in [4.69, 9.17) is 5.26 Å². The molecule has 3 rings (SSSR count). The van der Waals surface area contributed by atoms with Gasteiger partial charge in [0.2, 0.25) is 0 Å². The maximum absolute atomic E-state index is 8.89. The van der Waals surface area contributed by atoms with Gasteiger partial charge < -0.3 is 10.6 Å². The molecule has 1 spiro atoms. The zero-order chi connectivity index (χ0) is 11.0. The van der Waals surface area contributed by atoms with Gasteiger partial charge in [0.1, 0.15) is 0 Å². The molecule has 0 radical (unpaired) electrons. The number of anilines is 1. The van der Waals surface area contributed by atoms with Crippen LogP contribution in [0.4, 0.5) is 5.69 Å². The van der Waals surface area contributed by atoms with Gasteiger partial charge in [-0.1, -0.05) is 0 Å². The Hall–Kier alpha value is -1.53. The Kier molecular flexibility index (Phi) is 2.12. The summed E-state index contributed by atoms with van der Waals surface area (Å²) in [5, 5.41) is 15.9. The van der Waals surface area contributed by atoms with Gasteiger partial charge in [-0.2, -0.15) is 5.26 Å². The number of nitrogens with zero attached hydrogens (tertiary/aromatic N) is 1. The molecule has 2 aliphatic heterocycles. The van der Waals surface area contributed by atoms with E-state index >= 15 is 0 Å². The predicted octanol–water partition coefficient (Wildman–Crippen LogP) is 1.65. The van der Waals surface area contributed by atoms with Gasteiger partial charge in [0.25, 0.3) is 0 Å². The smallest absolute Gasteiger partial charge is 0.0991 e. The monoisotopic (exact) mass is 213 g/mol. The number of hydrogen-bond acceptors (Lipinski definition) is 3. The lowest BCUT2D eigenvalue weighted by Crippen LogP contribution is -2.46. The van der Waals surface area contributed by atoms with Crippen LogP contribution in [0.1, 0.15) is 24.0 Å². The molecular formula is C13H15N3. The van der Waals surface area contributed by atoms with Crippen molar-refractivity contribution in [3.63, 3.8) is 0 Å². The van der Waals surface area contributed by atoms with E-state index in [1.54, 1.807) is 0 Å². The van der Waals surface area contributed by atoms with Gasteiger partial charge in [-0.3, -0.25) is 0 Å². The molecule has 1 aromatic carbocycles. The van der Waals surface area contributed by atoms with Gasteiger partial charge in [-0.15, -0.1) is 0 Å². The number of nitriles is 1. The first kappa shape index (κ1) is 9.68. The molecular weight excluding hydrogens is 198 g/mol. The third kappa shape index (κ3) is 1.46. The summed E-state index contributed by atoms with van der Waals surface area (Å²) in [6.45, 7) is 2.18. The first-order valence-corrected chi connectivity index (χ1v) is 5.83. The van der Waals surface area contributed by atoms with E-state index in [2.05, 4.69) is 16.7 Å². The summed E-state index contributed by atoms with van der Waals surface area (Å²) >= 11 is 0. The quantitative estimate of drug-likeness (QED) is 0.689. The lowest BCUT2D eigenvalue weighted by molar-refractivity contribution is 0.348. The molecule has 1 aromatic rings. The second-order valence-electron chi connectivity index (χ2n) is 4.82. The molecule has 0 atom stereocenters. The lowest BCUT2D eigenvalue weighted by atomic mass is 9.86. The number of nitrogens with one attached hydrogen (secondary N) is 2. The molecule has 0 amide bonds. The predicted molar refractivity (Wildman–Crippen MR) is 63.3 cm³/mol. The van der Waals surface area contributed by atoms with Gasteiger partial charge in [-0.05, 0) is 56.1 Å². The first-order valence-electron chi connectivity index (χ1n) is 5.83. The van der Waals surface area contributed by atoms with Crippen LogP contribution >= 0.6 is 0 Å². The summed E-state index contributed by atoms with van der Waals surface area (Å²) < 4.78 is 0. The Labute approximate surface area is 95.5 Å².